The molecular formula is C23H25N3O4. The van der Waals surface area contributed by atoms with Crippen LogP contribution >= 0.6 is 0 Å². The molecule has 0 saturated heterocycles. The minimum atomic E-state index is -0.447. The number of para-hydroxylation sites is 2. The second kappa shape index (κ2) is 9.82. The van der Waals surface area contributed by atoms with Gasteiger partial charge in [-0.15, -0.1) is 0 Å². The Morgan fingerprint density at radius 2 is 1.80 bits per heavy atom. The van der Waals surface area contributed by atoms with E-state index in [1.165, 1.54) is 0 Å². The molecule has 0 aliphatic rings. The maximum absolute atomic E-state index is 12.9. The maximum atomic E-state index is 12.9. The highest BCUT2D eigenvalue weighted by Crippen LogP contribution is 2.22. The van der Waals surface area contributed by atoms with Crippen molar-refractivity contribution in [3.8, 4) is 0 Å². The average Bonchev–Trinajstić information content (AvgIpc) is 2.75. The van der Waals surface area contributed by atoms with Gasteiger partial charge in [0.1, 0.15) is 5.82 Å². The Labute approximate surface area is 174 Å². The molecule has 1 heterocycles. The summed E-state index contributed by atoms with van der Waals surface area (Å²) in [5.74, 6) is 0.0103. The molecule has 0 saturated carbocycles. The molecule has 3 rings (SSSR count). The Morgan fingerprint density at radius 3 is 2.57 bits per heavy atom. The predicted molar refractivity (Wildman–Crippen MR) is 116 cm³/mol. The largest absolute Gasteiger partial charge is 0.462 e. The molecule has 2 aromatic carbocycles. The molecule has 1 amide bonds. The van der Waals surface area contributed by atoms with E-state index in [9.17, 15) is 14.4 Å². The Hall–Kier alpha value is -3.48. The third-order valence-corrected chi connectivity index (χ3v) is 4.77. The van der Waals surface area contributed by atoms with Gasteiger partial charge in [-0.2, -0.15) is 0 Å². The third-order valence-electron chi connectivity index (χ3n) is 4.77. The van der Waals surface area contributed by atoms with Gasteiger partial charge >= 0.3 is 5.97 Å². The second-order valence-electron chi connectivity index (χ2n) is 6.76. The first kappa shape index (κ1) is 21.2. The molecule has 0 fully saturated rings. The fourth-order valence-corrected chi connectivity index (χ4v) is 3.37. The van der Waals surface area contributed by atoms with Gasteiger partial charge in [-0.05, 0) is 44.5 Å². The van der Waals surface area contributed by atoms with E-state index in [1.807, 2.05) is 13.0 Å². The number of hydrogen-bond donors (Lipinski definition) is 1. The monoisotopic (exact) mass is 407 g/mol. The number of rotatable bonds is 8. The summed E-state index contributed by atoms with van der Waals surface area (Å²) in [6.45, 7) is 4.31. The van der Waals surface area contributed by atoms with E-state index in [4.69, 9.17) is 4.74 Å². The van der Waals surface area contributed by atoms with Crippen molar-refractivity contribution in [1.29, 1.82) is 0 Å². The van der Waals surface area contributed by atoms with E-state index < -0.39 is 5.97 Å². The first-order valence-corrected chi connectivity index (χ1v) is 10.1. The number of nitrogens with one attached hydrogen (secondary N) is 1. The summed E-state index contributed by atoms with van der Waals surface area (Å²) in [5, 5.41) is 0.546. The van der Waals surface area contributed by atoms with Crippen LogP contribution in [0.25, 0.3) is 10.9 Å². The minimum Gasteiger partial charge on any atom is -0.462 e. The van der Waals surface area contributed by atoms with Gasteiger partial charge in [0, 0.05) is 19.4 Å². The first-order valence-electron chi connectivity index (χ1n) is 10.1. The van der Waals surface area contributed by atoms with Gasteiger partial charge in [0.15, 0.2) is 0 Å². The van der Waals surface area contributed by atoms with Crippen molar-refractivity contribution in [3.63, 3.8) is 0 Å². The summed E-state index contributed by atoms with van der Waals surface area (Å²) in [6.07, 6.45) is 1.27. The topological polar surface area (TPSA) is 92.4 Å². The normalized spacial score (nSPS) is 10.7. The quantitative estimate of drug-likeness (QED) is 0.577. The van der Waals surface area contributed by atoms with Crippen molar-refractivity contribution in [3.05, 3.63) is 70.3 Å². The lowest BCUT2D eigenvalue weighted by atomic mass is 10.1. The Morgan fingerprint density at radius 1 is 1.07 bits per heavy atom. The summed E-state index contributed by atoms with van der Waals surface area (Å²) in [5.41, 5.74) is 1.37. The van der Waals surface area contributed by atoms with Crippen LogP contribution in [0.2, 0.25) is 0 Å². The fourth-order valence-electron chi connectivity index (χ4n) is 3.37. The number of aromatic nitrogens is 2. The van der Waals surface area contributed by atoms with E-state index in [0.29, 0.717) is 47.4 Å². The molecule has 0 radical (unpaired) electrons. The number of anilines is 1. The van der Waals surface area contributed by atoms with E-state index in [0.717, 1.165) is 0 Å². The summed E-state index contributed by atoms with van der Waals surface area (Å²) < 4.78 is 5.11. The lowest BCUT2D eigenvalue weighted by Crippen LogP contribution is -2.32. The Kier molecular flexibility index (Phi) is 6.95. The van der Waals surface area contributed by atoms with Gasteiger partial charge in [0.2, 0.25) is 5.91 Å². The van der Waals surface area contributed by atoms with Crippen molar-refractivity contribution >= 4 is 28.5 Å². The molecule has 3 aromatic rings. The highest BCUT2D eigenvalue weighted by atomic mass is 16.5. The number of aryl methyl sites for hydroxylation is 1. The van der Waals surface area contributed by atoms with Crippen LogP contribution in [0, 0.1) is 0 Å². The second-order valence-corrected chi connectivity index (χ2v) is 6.76. The van der Waals surface area contributed by atoms with Gasteiger partial charge in [-0.3, -0.25) is 9.59 Å². The summed E-state index contributed by atoms with van der Waals surface area (Å²) in [6, 6.07) is 14.1. The van der Waals surface area contributed by atoms with Gasteiger partial charge in [-0.1, -0.05) is 24.3 Å². The molecule has 7 heteroatoms. The van der Waals surface area contributed by atoms with Crippen LogP contribution in [0.4, 0.5) is 5.69 Å². The van der Waals surface area contributed by atoms with Crippen LogP contribution in [0.15, 0.2) is 53.3 Å². The van der Waals surface area contributed by atoms with Gasteiger partial charge < -0.3 is 14.6 Å². The molecule has 7 nitrogen and oxygen atoms in total. The summed E-state index contributed by atoms with van der Waals surface area (Å²) in [4.78, 5) is 46.1. The van der Waals surface area contributed by atoms with Crippen molar-refractivity contribution in [2.75, 3.05) is 18.1 Å². The molecule has 0 bridgehead atoms. The summed E-state index contributed by atoms with van der Waals surface area (Å²) >= 11 is 0. The molecule has 30 heavy (non-hydrogen) atoms. The van der Waals surface area contributed by atoms with E-state index in [1.54, 1.807) is 54.3 Å². The number of aromatic amines is 1. The highest BCUT2D eigenvalue weighted by molar-refractivity contribution is 6.02. The van der Waals surface area contributed by atoms with Crippen LogP contribution in [-0.2, 0) is 16.0 Å². The molecule has 0 atom stereocenters. The van der Waals surface area contributed by atoms with Crippen molar-refractivity contribution in [2.45, 2.75) is 33.1 Å². The number of benzene rings is 2. The number of hydrogen-bond acceptors (Lipinski definition) is 5. The number of amides is 1. The zero-order valence-electron chi connectivity index (χ0n) is 17.2. The van der Waals surface area contributed by atoms with E-state index >= 15 is 0 Å². The third kappa shape index (κ3) is 4.74. The zero-order chi connectivity index (χ0) is 21.5. The number of esters is 1. The van der Waals surface area contributed by atoms with Crippen molar-refractivity contribution < 1.29 is 14.3 Å². The van der Waals surface area contributed by atoms with Crippen LogP contribution in [-0.4, -0.2) is 35.0 Å². The number of carbonyl (C=O) groups excluding carboxylic acids is 2. The molecule has 0 unspecified atom stereocenters. The van der Waals surface area contributed by atoms with Crippen molar-refractivity contribution in [1.82, 2.24) is 9.97 Å². The summed E-state index contributed by atoms with van der Waals surface area (Å²) in [7, 11) is 0. The fraction of sp³-hybridized carbons (Fsp3) is 0.304. The van der Waals surface area contributed by atoms with E-state index in [2.05, 4.69) is 9.97 Å². The number of H-pyrrole nitrogens is 1. The molecule has 0 spiro atoms. The number of carbonyl (C=O) groups is 2. The standard InChI is InChI=1S/C23H25N3O4/c1-3-26(19-13-8-6-11-17(19)23(29)30-4-2)21(27)15-9-14-20-24-18-12-7-5-10-16(18)22(28)25-20/h5-8,10-13H,3-4,9,14-15H2,1-2H3,(H,24,25,28). The predicted octanol–water partition coefficient (Wildman–Crippen LogP) is 3.48. The molecule has 0 aliphatic carbocycles. The zero-order valence-corrected chi connectivity index (χ0v) is 17.2. The number of nitrogens with zero attached hydrogens (tertiary/aromatic N) is 2. The van der Waals surface area contributed by atoms with Crippen LogP contribution in [0.1, 0.15) is 42.9 Å². The van der Waals surface area contributed by atoms with Crippen LogP contribution in [0.3, 0.4) is 0 Å². The van der Waals surface area contributed by atoms with Crippen molar-refractivity contribution in [2.24, 2.45) is 0 Å². The molecule has 1 N–H and O–H groups in total. The van der Waals surface area contributed by atoms with E-state index in [-0.39, 0.29) is 24.5 Å². The first-order chi connectivity index (χ1) is 14.5. The highest BCUT2D eigenvalue weighted by Gasteiger charge is 2.20. The lowest BCUT2D eigenvalue weighted by Gasteiger charge is -2.23. The smallest absolute Gasteiger partial charge is 0.340 e. The van der Waals surface area contributed by atoms with Crippen LogP contribution < -0.4 is 10.5 Å². The number of ether oxygens (including phenoxy) is 1. The molecule has 1 aromatic heterocycles. The average molecular weight is 407 g/mol. The van der Waals surface area contributed by atoms with Gasteiger partial charge in [-0.25, -0.2) is 9.78 Å². The molecule has 156 valence electrons. The molecule has 0 aliphatic heterocycles. The van der Waals surface area contributed by atoms with Gasteiger partial charge in [0.05, 0.1) is 28.8 Å². The Balaban J connectivity index is 1.70. The van der Waals surface area contributed by atoms with Crippen LogP contribution in [0.5, 0.6) is 0 Å². The number of fused-ring (bicyclic) bond motifs is 1. The van der Waals surface area contributed by atoms with Gasteiger partial charge in [0.25, 0.3) is 5.56 Å². The molecular weight excluding hydrogens is 382 g/mol. The Bertz CT molecular complexity index is 1110. The minimum absolute atomic E-state index is 0.0996. The SMILES string of the molecule is CCOC(=O)c1ccccc1N(CC)C(=O)CCCc1nc2ccccc2c(=O)[nH]1. The lowest BCUT2D eigenvalue weighted by molar-refractivity contribution is -0.118. The maximum Gasteiger partial charge on any atom is 0.340 e.